The van der Waals surface area contributed by atoms with E-state index in [4.69, 9.17) is 0 Å². The number of hydrogen-bond donors (Lipinski definition) is 0. The zero-order valence-corrected chi connectivity index (χ0v) is 10.3. The van der Waals surface area contributed by atoms with Crippen LogP contribution in [0.5, 0.6) is 0 Å². The molecule has 0 amide bonds. The lowest BCUT2D eigenvalue weighted by atomic mass is 9.95. The summed E-state index contributed by atoms with van der Waals surface area (Å²) in [6.07, 6.45) is 11.5. The van der Waals surface area contributed by atoms with Crippen LogP contribution in [-0.4, -0.2) is 15.3 Å². The Bertz CT molecular complexity index is 557. The topological polar surface area (TPSA) is 34.9 Å². The average Bonchev–Trinajstić information content (AvgIpc) is 2.82. The third-order valence-corrected chi connectivity index (χ3v) is 3.49. The van der Waals surface area contributed by atoms with E-state index in [9.17, 15) is 4.79 Å². The van der Waals surface area contributed by atoms with Crippen LogP contribution in [0.1, 0.15) is 34.3 Å². The molecule has 92 valence electrons. The number of pyridine rings is 1. The van der Waals surface area contributed by atoms with Crippen LogP contribution in [0.2, 0.25) is 0 Å². The third-order valence-electron chi connectivity index (χ3n) is 3.49. The van der Waals surface area contributed by atoms with Gasteiger partial charge in [-0.25, -0.2) is 0 Å². The molecule has 0 saturated heterocycles. The molecule has 0 fully saturated rings. The molecule has 0 aromatic carbocycles. The molecule has 2 aromatic rings. The molecular weight excluding hydrogens is 224 g/mol. The van der Waals surface area contributed by atoms with Crippen LogP contribution in [0.25, 0.3) is 0 Å². The van der Waals surface area contributed by atoms with Gasteiger partial charge >= 0.3 is 0 Å². The van der Waals surface area contributed by atoms with E-state index in [-0.39, 0.29) is 0 Å². The highest BCUT2D eigenvalue weighted by molar-refractivity contribution is 5.98. The van der Waals surface area contributed by atoms with E-state index in [2.05, 4.69) is 21.8 Å². The molecule has 3 rings (SSSR count). The molecule has 3 heteroatoms. The van der Waals surface area contributed by atoms with Crippen molar-refractivity contribution in [2.45, 2.75) is 32.2 Å². The van der Waals surface area contributed by atoms with E-state index >= 15 is 0 Å². The van der Waals surface area contributed by atoms with Crippen molar-refractivity contribution < 1.29 is 4.79 Å². The Morgan fingerprint density at radius 1 is 1.28 bits per heavy atom. The first-order valence-electron chi connectivity index (χ1n) is 6.44. The number of fused-ring (bicyclic) bond motifs is 1. The largest absolute Gasteiger partial charge is 0.353 e. The molecule has 0 unspecified atom stereocenters. The monoisotopic (exact) mass is 240 g/mol. The van der Waals surface area contributed by atoms with Crippen LogP contribution in [-0.2, 0) is 19.4 Å². The minimum atomic E-state index is 0.302. The van der Waals surface area contributed by atoms with Crippen LogP contribution in [0.15, 0.2) is 36.9 Å². The Balaban J connectivity index is 1.72. The van der Waals surface area contributed by atoms with Gasteiger partial charge < -0.3 is 4.57 Å². The highest BCUT2D eigenvalue weighted by atomic mass is 16.1. The van der Waals surface area contributed by atoms with Crippen LogP contribution >= 0.6 is 0 Å². The van der Waals surface area contributed by atoms with Gasteiger partial charge in [-0.3, -0.25) is 9.78 Å². The highest BCUT2D eigenvalue weighted by Crippen LogP contribution is 2.22. The summed E-state index contributed by atoms with van der Waals surface area (Å²) in [5.74, 6) is 0.302. The van der Waals surface area contributed by atoms with Crippen LogP contribution in [0.3, 0.4) is 0 Å². The molecule has 1 aliphatic carbocycles. The maximum atomic E-state index is 11.7. The predicted octanol–water partition coefficient (Wildman–Crippen LogP) is 2.64. The molecule has 1 aliphatic rings. The number of Topliss-reactive ketones (excluding diaryl/α,β-unsaturated/α-hetero) is 1. The SMILES string of the molecule is O=C1CCCc2cn(CCc3cccnc3)cc21. The van der Waals surface area contributed by atoms with Crippen molar-refractivity contribution in [1.29, 1.82) is 0 Å². The van der Waals surface area contributed by atoms with Gasteiger partial charge in [0.15, 0.2) is 5.78 Å². The third kappa shape index (κ3) is 2.21. The van der Waals surface area contributed by atoms with E-state index in [0.29, 0.717) is 12.2 Å². The zero-order valence-electron chi connectivity index (χ0n) is 10.3. The lowest BCUT2D eigenvalue weighted by Crippen LogP contribution is -2.07. The number of hydrogen-bond acceptors (Lipinski definition) is 2. The van der Waals surface area contributed by atoms with Gasteiger partial charge in [-0.2, -0.15) is 0 Å². The summed E-state index contributed by atoms with van der Waals surface area (Å²) >= 11 is 0. The lowest BCUT2D eigenvalue weighted by molar-refractivity contribution is 0.0973. The number of carbonyl (C=O) groups is 1. The molecule has 0 N–H and O–H groups in total. The van der Waals surface area contributed by atoms with Gasteiger partial charge in [-0.05, 0) is 36.5 Å². The molecule has 0 aliphatic heterocycles. The zero-order chi connectivity index (χ0) is 12.4. The summed E-state index contributed by atoms with van der Waals surface area (Å²) in [4.78, 5) is 15.9. The van der Waals surface area contributed by atoms with E-state index in [1.54, 1.807) is 6.20 Å². The average molecular weight is 240 g/mol. The Hall–Kier alpha value is -1.90. The Morgan fingerprint density at radius 3 is 3.00 bits per heavy atom. The first kappa shape index (κ1) is 11.2. The van der Waals surface area contributed by atoms with Crippen molar-refractivity contribution in [1.82, 2.24) is 9.55 Å². The van der Waals surface area contributed by atoms with Crippen molar-refractivity contribution >= 4 is 5.78 Å². The number of rotatable bonds is 3. The lowest BCUT2D eigenvalue weighted by Gasteiger charge is -2.07. The molecule has 0 saturated carbocycles. The minimum Gasteiger partial charge on any atom is -0.353 e. The van der Waals surface area contributed by atoms with Crippen LogP contribution in [0, 0.1) is 0 Å². The fourth-order valence-electron chi connectivity index (χ4n) is 2.51. The van der Waals surface area contributed by atoms with Crippen LogP contribution < -0.4 is 0 Å². The van der Waals surface area contributed by atoms with Gasteiger partial charge in [0, 0.05) is 43.3 Å². The van der Waals surface area contributed by atoms with Crippen LogP contribution in [0.4, 0.5) is 0 Å². The van der Waals surface area contributed by atoms with Crippen molar-refractivity contribution in [3.63, 3.8) is 0 Å². The normalized spacial score (nSPS) is 14.6. The molecular formula is C15H16N2O. The standard InChI is InChI=1S/C15H16N2O/c18-15-5-1-4-13-10-17(11-14(13)15)8-6-12-3-2-7-16-9-12/h2-3,7,9-11H,1,4-6,8H2. The molecule has 0 atom stereocenters. The van der Waals surface area contributed by atoms with Gasteiger partial charge in [0.05, 0.1) is 0 Å². The van der Waals surface area contributed by atoms with E-state index in [1.165, 1.54) is 11.1 Å². The Labute approximate surface area is 106 Å². The summed E-state index contributed by atoms with van der Waals surface area (Å²) in [5, 5.41) is 0. The summed E-state index contributed by atoms with van der Waals surface area (Å²) in [5.41, 5.74) is 3.39. The Kier molecular flexibility index (Phi) is 2.97. The summed E-state index contributed by atoms with van der Waals surface area (Å²) in [6.45, 7) is 0.909. The van der Waals surface area contributed by atoms with Gasteiger partial charge in [0.1, 0.15) is 0 Å². The second-order valence-corrected chi connectivity index (χ2v) is 4.82. The Morgan fingerprint density at radius 2 is 2.22 bits per heavy atom. The smallest absolute Gasteiger partial charge is 0.164 e. The predicted molar refractivity (Wildman–Crippen MR) is 69.6 cm³/mol. The molecule has 2 aromatic heterocycles. The maximum absolute atomic E-state index is 11.7. The fourth-order valence-corrected chi connectivity index (χ4v) is 2.51. The van der Waals surface area contributed by atoms with Gasteiger partial charge in [0.2, 0.25) is 0 Å². The summed E-state index contributed by atoms with van der Waals surface area (Å²) in [6, 6.07) is 4.04. The number of carbonyl (C=O) groups excluding carboxylic acids is 1. The second-order valence-electron chi connectivity index (χ2n) is 4.82. The molecule has 2 heterocycles. The van der Waals surface area contributed by atoms with Gasteiger partial charge in [0.25, 0.3) is 0 Å². The fraction of sp³-hybridized carbons (Fsp3) is 0.333. The van der Waals surface area contributed by atoms with Crippen molar-refractivity contribution in [2.24, 2.45) is 0 Å². The summed E-state index contributed by atoms with van der Waals surface area (Å²) in [7, 11) is 0. The van der Waals surface area contributed by atoms with E-state index in [0.717, 1.165) is 31.4 Å². The molecule has 0 bridgehead atoms. The van der Waals surface area contributed by atoms with E-state index in [1.807, 2.05) is 18.5 Å². The summed E-state index contributed by atoms with van der Waals surface area (Å²) < 4.78 is 2.14. The van der Waals surface area contributed by atoms with Crippen molar-refractivity contribution in [2.75, 3.05) is 0 Å². The molecule has 18 heavy (non-hydrogen) atoms. The first-order chi connectivity index (χ1) is 8.83. The number of nitrogens with zero attached hydrogens (tertiary/aromatic N) is 2. The first-order valence-corrected chi connectivity index (χ1v) is 6.44. The maximum Gasteiger partial charge on any atom is 0.164 e. The molecule has 3 nitrogen and oxygen atoms in total. The van der Waals surface area contributed by atoms with Crippen molar-refractivity contribution in [3.8, 4) is 0 Å². The van der Waals surface area contributed by atoms with Crippen molar-refractivity contribution in [3.05, 3.63) is 53.6 Å². The number of aryl methyl sites for hydroxylation is 3. The highest BCUT2D eigenvalue weighted by Gasteiger charge is 2.18. The second kappa shape index (κ2) is 4.77. The van der Waals surface area contributed by atoms with Gasteiger partial charge in [-0.1, -0.05) is 6.07 Å². The van der Waals surface area contributed by atoms with E-state index < -0.39 is 0 Å². The number of ketones is 1. The van der Waals surface area contributed by atoms with Gasteiger partial charge in [-0.15, -0.1) is 0 Å². The molecule has 0 spiro atoms. The minimum absolute atomic E-state index is 0.302. The quantitative estimate of drug-likeness (QED) is 0.826. The molecule has 0 radical (unpaired) electrons. The number of aromatic nitrogens is 2.